The monoisotopic (exact) mass is 298 g/mol. The molecule has 114 valence electrons. The van der Waals surface area contributed by atoms with Gasteiger partial charge in [0, 0.05) is 13.5 Å². The van der Waals surface area contributed by atoms with Crippen LogP contribution in [0.5, 0.6) is 0 Å². The van der Waals surface area contributed by atoms with Gasteiger partial charge in [0.15, 0.2) is 11.9 Å². The van der Waals surface area contributed by atoms with Gasteiger partial charge in [0.2, 0.25) is 0 Å². The summed E-state index contributed by atoms with van der Waals surface area (Å²) in [5.74, 6) is 0.178. The van der Waals surface area contributed by atoms with E-state index in [9.17, 15) is 4.79 Å². The fraction of sp³-hybridized carbons (Fsp3) is 0.294. The summed E-state index contributed by atoms with van der Waals surface area (Å²) < 4.78 is 5.12. The van der Waals surface area contributed by atoms with Crippen molar-refractivity contribution in [1.82, 2.24) is 4.90 Å². The van der Waals surface area contributed by atoms with Crippen LogP contribution in [0.3, 0.4) is 0 Å². The van der Waals surface area contributed by atoms with E-state index in [0.29, 0.717) is 18.7 Å². The van der Waals surface area contributed by atoms with E-state index < -0.39 is 0 Å². The number of rotatable bonds is 4. The van der Waals surface area contributed by atoms with Gasteiger partial charge in [-0.25, -0.2) is 0 Å². The molecule has 5 nitrogen and oxygen atoms in total. The van der Waals surface area contributed by atoms with E-state index in [1.54, 1.807) is 24.1 Å². The molecule has 0 aliphatic carbocycles. The minimum Gasteiger partial charge on any atom is -0.459 e. The Kier molecular flexibility index (Phi) is 3.96. The summed E-state index contributed by atoms with van der Waals surface area (Å²) in [5.41, 5.74) is 3.19. The zero-order chi connectivity index (χ0) is 15.5. The molecule has 3 rings (SSSR count). The Morgan fingerprint density at radius 2 is 2.09 bits per heavy atom. The van der Waals surface area contributed by atoms with E-state index in [2.05, 4.69) is 24.2 Å². The number of hydrogen-bond donors (Lipinski definition) is 0. The molecule has 0 saturated carbocycles. The van der Waals surface area contributed by atoms with Gasteiger partial charge in [-0.15, -0.1) is 0 Å². The molecule has 0 bridgehead atoms. The summed E-state index contributed by atoms with van der Waals surface area (Å²) in [7, 11) is 1.73. The Morgan fingerprint density at radius 3 is 2.77 bits per heavy atom. The quantitative estimate of drug-likeness (QED) is 0.872. The fourth-order valence-electron chi connectivity index (χ4n) is 2.42. The number of amides is 1. The van der Waals surface area contributed by atoms with E-state index in [4.69, 9.17) is 9.25 Å². The van der Waals surface area contributed by atoms with Crippen LogP contribution in [0, 0.1) is 6.92 Å². The molecule has 1 aliphatic heterocycles. The van der Waals surface area contributed by atoms with Crippen molar-refractivity contribution >= 4 is 11.6 Å². The highest BCUT2D eigenvalue weighted by Crippen LogP contribution is 2.18. The summed E-state index contributed by atoms with van der Waals surface area (Å²) in [6.07, 6.45) is 2.06. The van der Waals surface area contributed by atoms with Gasteiger partial charge in [0.05, 0.1) is 18.5 Å². The minimum atomic E-state index is -0.155. The van der Waals surface area contributed by atoms with Crippen LogP contribution in [0.25, 0.3) is 0 Å². The normalized spacial score (nSPS) is 17.0. The van der Waals surface area contributed by atoms with E-state index in [0.717, 1.165) is 11.3 Å². The number of benzene rings is 1. The highest BCUT2D eigenvalue weighted by atomic mass is 16.6. The average molecular weight is 298 g/mol. The summed E-state index contributed by atoms with van der Waals surface area (Å²) in [6, 6.07) is 11.5. The van der Waals surface area contributed by atoms with Gasteiger partial charge in [0.1, 0.15) is 0 Å². The topological polar surface area (TPSA) is 55.0 Å². The Balaban J connectivity index is 1.58. The lowest BCUT2D eigenvalue weighted by Crippen LogP contribution is -2.34. The zero-order valence-electron chi connectivity index (χ0n) is 12.7. The lowest BCUT2D eigenvalue weighted by molar-refractivity contribution is 0.0464. The van der Waals surface area contributed by atoms with E-state index >= 15 is 0 Å². The van der Waals surface area contributed by atoms with Crippen molar-refractivity contribution in [3.8, 4) is 0 Å². The lowest BCUT2D eigenvalue weighted by atomic mass is 10.0. The van der Waals surface area contributed by atoms with Crippen molar-refractivity contribution in [2.75, 3.05) is 13.6 Å². The van der Waals surface area contributed by atoms with Crippen molar-refractivity contribution < 1.29 is 14.0 Å². The molecule has 5 heteroatoms. The number of oxime groups is 1. The molecular formula is C17H18N2O3. The Labute approximate surface area is 129 Å². The first kappa shape index (κ1) is 14.4. The van der Waals surface area contributed by atoms with E-state index in [1.807, 2.05) is 12.1 Å². The van der Waals surface area contributed by atoms with Gasteiger partial charge >= 0.3 is 0 Å². The number of nitrogens with zero attached hydrogens (tertiary/aromatic N) is 2. The molecule has 2 aromatic rings. The van der Waals surface area contributed by atoms with Crippen LogP contribution in [0.15, 0.2) is 52.2 Å². The SMILES string of the molecule is Cc1ccc(C2=NOC(CN(C)C(=O)c3ccco3)C2)cc1. The van der Waals surface area contributed by atoms with Gasteiger partial charge in [-0.3, -0.25) is 4.79 Å². The van der Waals surface area contributed by atoms with Crippen molar-refractivity contribution in [2.45, 2.75) is 19.4 Å². The largest absolute Gasteiger partial charge is 0.459 e. The summed E-state index contributed by atoms with van der Waals surface area (Å²) in [6.45, 7) is 2.52. The zero-order valence-corrected chi connectivity index (χ0v) is 12.7. The molecule has 0 fully saturated rings. The van der Waals surface area contributed by atoms with Crippen LogP contribution < -0.4 is 0 Å². The second kappa shape index (κ2) is 6.05. The van der Waals surface area contributed by atoms with E-state index in [-0.39, 0.29) is 12.0 Å². The third-order valence-electron chi connectivity index (χ3n) is 3.67. The highest BCUT2D eigenvalue weighted by molar-refractivity contribution is 6.01. The van der Waals surface area contributed by atoms with E-state index in [1.165, 1.54) is 11.8 Å². The molecule has 1 unspecified atom stereocenters. The number of aryl methyl sites for hydroxylation is 1. The first-order valence-electron chi connectivity index (χ1n) is 7.22. The molecule has 0 N–H and O–H groups in total. The van der Waals surface area contributed by atoms with Crippen molar-refractivity contribution in [3.05, 3.63) is 59.5 Å². The molecular weight excluding hydrogens is 280 g/mol. The molecule has 1 aliphatic rings. The number of carbonyl (C=O) groups is 1. The average Bonchev–Trinajstić information content (AvgIpc) is 3.18. The van der Waals surface area contributed by atoms with Gasteiger partial charge in [-0.05, 0) is 24.6 Å². The molecule has 0 spiro atoms. The van der Waals surface area contributed by atoms with Crippen LogP contribution in [-0.4, -0.2) is 36.2 Å². The summed E-state index contributed by atoms with van der Waals surface area (Å²) in [5, 5.41) is 4.15. The molecule has 0 saturated heterocycles. The Bertz CT molecular complexity index is 674. The van der Waals surface area contributed by atoms with Crippen molar-refractivity contribution in [1.29, 1.82) is 0 Å². The predicted octanol–water partition coefficient (Wildman–Crippen LogP) is 2.85. The molecule has 1 aromatic heterocycles. The first-order valence-corrected chi connectivity index (χ1v) is 7.22. The second-order valence-corrected chi connectivity index (χ2v) is 5.50. The molecule has 1 atom stereocenters. The number of hydrogen-bond acceptors (Lipinski definition) is 4. The van der Waals surface area contributed by atoms with Crippen LogP contribution in [0.4, 0.5) is 0 Å². The van der Waals surface area contributed by atoms with Crippen LogP contribution in [0.2, 0.25) is 0 Å². The third kappa shape index (κ3) is 3.03. The maximum atomic E-state index is 12.1. The maximum Gasteiger partial charge on any atom is 0.289 e. The van der Waals surface area contributed by atoms with Gasteiger partial charge in [0.25, 0.3) is 5.91 Å². The molecule has 22 heavy (non-hydrogen) atoms. The number of carbonyl (C=O) groups excluding carboxylic acids is 1. The number of likely N-dealkylation sites (N-methyl/N-ethyl adjacent to an activating group) is 1. The second-order valence-electron chi connectivity index (χ2n) is 5.50. The molecule has 2 heterocycles. The standard InChI is InChI=1S/C17H18N2O3/c1-12-5-7-13(8-6-12)15-10-14(22-18-15)11-19(2)17(20)16-4-3-9-21-16/h3-9,14H,10-11H2,1-2H3. The fourth-order valence-corrected chi connectivity index (χ4v) is 2.42. The molecule has 0 radical (unpaired) electrons. The van der Waals surface area contributed by atoms with Crippen molar-refractivity contribution in [2.24, 2.45) is 5.16 Å². The lowest BCUT2D eigenvalue weighted by Gasteiger charge is -2.18. The van der Waals surface area contributed by atoms with Crippen LogP contribution in [-0.2, 0) is 4.84 Å². The predicted molar refractivity (Wildman–Crippen MR) is 82.9 cm³/mol. The Morgan fingerprint density at radius 1 is 1.32 bits per heavy atom. The van der Waals surface area contributed by atoms with Crippen LogP contribution in [0.1, 0.15) is 28.1 Å². The first-order chi connectivity index (χ1) is 10.6. The highest BCUT2D eigenvalue weighted by Gasteiger charge is 2.26. The summed E-state index contributed by atoms with van der Waals surface area (Å²) >= 11 is 0. The van der Waals surface area contributed by atoms with Crippen molar-refractivity contribution in [3.63, 3.8) is 0 Å². The van der Waals surface area contributed by atoms with Gasteiger partial charge in [-0.2, -0.15) is 0 Å². The Hall–Kier alpha value is -2.56. The molecule has 1 aromatic carbocycles. The smallest absolute Gasteiger partial charge is 0.289 e. The maximum absolute atomic E-state index is 12.1. The van der Waals surface area contributed by atoms with Gasteiger partial charge in [-0.1, -0.05) is 35.0 Å². The summed E-state index contributed by atoms with van der Waals surface area (Å²) in [4.78, 5) is 19.2. The van der Waals surface area contributed by atoms with Gasteiger partial charge < -0.3 is 14.2 Å². The van der Waals surface area contributed by atoms with Crippen LogP contribution >= 0.6 is 0 Å². The minimum absolute atomic E-state index is 0.125. The third-order valence-corrected chi connectivity index (χ3v) is 3.67. The molecule has 1 amide bonds. The number of furan rings is 1.